The van der Waals surface area contributed by atoms with Gasteiger partial charge in [-0.25, -0.2) is 4.39 Å². The molecular formula is C23H32FNO3. The van der Waals surface area contributed by atoms with Crippen molar-refractivity contribution < 1.29 is 19.1 Å². The zero-order valence-electron chi connectivity index (χ0n) is 17.4. The SMILES string of the molecule is C=C(C)c1ccc(-c2ccccc2)cc1F.CC.CC(C)C(N)=O.O=CCO. The largest absolute Gasteiger partial charge is 0.389 e. The summed E-state index contributed by atoms with van der Waals surface area (Å²) >= 11 is 0. The number of primary amides is 1. The van der Waals surface area contributed by atoms with Crippen molar-refractivity contribution in [2.75, 3.05) is 6.61 Å². The lowest BCUT2D eigenvalue weighted by Gasteiger charge is -2.05. The normalized spacial score (nSPS) is 8.86. The Bertz CT molecular complexity index is 713. The lowest BCUT2D eigenvalue weighted by Crippen LogP contribution is -2.17. The van der Waals surface area contributed by atoms with Crippen LogP contribution in [-0.2, 0) is 9.59 Å². The van der Waals surface area contributed by atoms with Gasteiger partial charge in [0.05, 0.1) is 6.61 Å². The summed E-state index contributed by atoms with van der Waals surface area (Å²) in [7, 11) is 0. The minimum atomic E-state index is -0.361. The molecule has 154 valence electrons. The molecule has 28 heavy (non-hydrogen) atoms. The van der Waals surface area contributed by atoms with Gasteiger partial charge in [-0.3, -0.25) is 4.79 Å². The lowest BCUT2D eigenvalue weighted by atomic mass is 10.0. The molecule has 0 unspecified atom stereocenters. The number of aliphatic hydroxyl groups is 1. The number of carbonyl (C=O) groups excluding carboxylic acids is 2. The molecule has 0 atom stereocenters. The van der Waals surface area contributed by atoms with Crippen LogP contribution in [-0.4, -0.2) is 23.9 Å². The Labute approximate surface area is 167 Å². The number of hydrogen-bond acceptors (Lipinski definition) is 3. The molecule has 0 aliphatic heterocycles. The second-order valence-electron chi connectivity index (χ2n) is 5.75. The molecule has 2 aromatic rings. The van der Waals surface area contributed by atoms with Gasteiger partial charge >= 0.3 is 0 Å². The molecule has 4 nitrogen and oxygen atoms in total. The van der Waals surface area contributed by atoms with Gasteiger partial charge in [0, 0.05) is 11.5 Å². The van der Waals surface area contributed by atoms with Crippen LogP contribution >= 0.6 is 0 Å². The Morgan fingerprint density at radius 2 is 1.61 bits per heavy atom. The monoisotopic (exact) mass is 389 g/mol. The second-order valence-corrected chi connectivity index (χ2v) is 5.75. The number of carbonyl (C=O) groups is 2. The van der Waals surface area contributed by atoms with Gasteiger partial charge in [-0.05, 0) is 29.7 Å². The molecule has 0 saturated carbocycles. The van der Waals surface area contributed by atoms with Gasteiger partial charge in [0.15, 0.2) is 0 Å². The third-order valence-electron chi connectivity index (χ3n) is 3.18. The maximum absolute atomic E-state index is 13.7. The Morgan fingerprint density at radius 1 is 1.14 bits per heavy atom. The highest BCUT2D eigenvalue weighted by atomic mass is 19.1. The van der Waals surface area contributed by atoms with E-state index in [4.69, 9.17) is 15.6 Å². The summed E-state index contributed by atoms with van der Waals surface area (Å²) in [5.74, 6) is -0.464. The zero-order chi connectivity index (χ0) is 22.1. The van der Waals surface area contributed by atoms with E-state index in [0.29, 0.717) is 11.8 Å². The average molecular weight is 390 g/mol. The van der Waals surface area contributed by atoms with Crippen LogP contribution in [0.5, 0.6) is 0 Å². The summed E-state index contributed by atoms with van der Waals surface area (Å²) < 4.78 is 13.7. The molecular weight excluding hydrogens is 357 g/mol. The molecule has 0 bridgehead atoms. The van der Waals surface area contributed by atoms with Gasteiger partial charge < -0.3 is 15.6 Å². The van der Waals surface area contributed by atoms with E-state index < -0.39 is 0 Å². The average Bonchev–Trinajstić information content (AvgIpc) is 2.70. The molecule has 0 saturated heterocycles. The van der Waals surface area contributed by atoms with Crippen LogP contribution in [0.3, 0.4) is 0 Å². The molecule has 0 fully saturated rings. The van der Waals surface area contributed by atoms with E-state index in [-0.39, 0.29) is 24.2 Å². The van der Waals surface area contributed by atoms with Crippen molar-refractivity contribution in [2.24, 2.45) is 11.7 Å². The van der Waals surface area contributed by atoms with Gasteiger partial charge in [-0.15, -0.1) is 0 Å². The minimum absolute atomic E-state index is 0.00926. The Hall–Kier alpha value is -2.79. The van der Waals surface area contributed by atoms with Crippen LogP contribution in [0.15, 0.2) is 55.1 Å². The molecule has 0 aliphatic carbocycles. The minimum Gasteiger partial charge on any atom is -0.389 e. The van der Waals surface area contributed by atoms with Crippen LogP contribution in [0.4, 0.5) is 4.39 Å². The second kappa shape index (κ2) is 16.4. The fraction of sp³-hybridized carbons (Fsp3) is 0.304. The maximum atomic E-state index is 13.7. The lowest BCUT2D eigenvalue weighted by molar-refractivity contribution is -0.120. The van der Waals surface area contributed by atoms with Crippen molar-refractivity contribution >= 4 is 17.8 Å². The number of rotatable bonds is 4. The fourth-order valence-electron chi connectivity index (χ4n) is 1.67. The van der Waals surface area contributed by atoms with Crippen molar-refractivity contribution in [3.63, 3.8) is 0 Å². The summed E-state index contributed by atoms with van der Waals surface area (Å²) in [5.41, 5.74) is 8.04. The van der Waals surface area contributed by atoms with E-state index in [9.17, 15) is 9.18 Å². The predicted octanol–water partition coefficient (Wildman–Crippen LogP) is 4.86. The van der Waals surface area contributed by atoms with Crippen molar-refractivity contribution in [1.29, 1.82) is 0 Å². The number of allylic oxidation sites excluding steroid dienone is 1. The quantitative estimate of drug-likeness (QED) is 0.733. The topological polar surface area (TPSA) is 80.4 Å². The van der Waals surface area contributed by atoms with E-state index in [1.807, 2.05) is 50.2 Å². The van der Waals surface area contributed by atoms with Gasteiger partial charge in [0.1, 0.15) is 12.1 Å². The number of aldehydes is 1. The highest BCUT2D eigenvalue weighted by Gasteiger charge is 2.05. The highest BCUT2D eigenvalue weighted by Crippen LogP contribution is 2.24. The molecule has 2 aromatic carbocycles. The number of benzene rings is 2. The van der Waals surface area contributed by atoms with Crippen LogP contribution < -0.4 is 5.73 Å². The van der Waals surface area contributed by atoms with Crippen molar-refractivity contribution in [2.45, 2.75) is 34.6 Å². The number of aliphatic hydroxyl groups excluding tert-OH is 1. The summed E-state index contributed by atoms with van der Waals surface area (Å²) in [6.07, 6.45) is 0.431. The van der Waals surface area contributed by atoms with Crippen LogP contribution in [0.25, 0.3) is 16.7 Å². The summed E-state index contributed by atoms with van der Waals surface area (Å²) in [4.78, 5) is 18.8. The first-order valence-electron chi connectivity index (χ1n) is 9.09. The standard InChI is InChI=1S/C15H13F.C4H9NO.C2H4O2.C2H6/c1-11(2)14-9-8-13(10-15(14)16)12-6-4-3-5-7-12;1-3(2)4(5)6;3-1-2-4;1-2/h3-10H,1H2,2H3;3H,1-2H3,(H2,5,6);1,4H,2H2;1-2H3. The molecule has 1 amide bonds. The number of amides is 1. The van der Waals surface area contributed by atoms with E-state index in [1.165, 1.54) is 0 Å². The van der Waals surface area contributed by atoms with Crippen LogP contribution in [0.1, 0.15) is 40.2 Å². The fourth-order valence-corrected chi connectivity index (χ4v) is 1.67. The zero-order valence-corrected chi connectivity index (χ0v) is 17.4. The highest BCUT2D eigenvalue weighted by molar-refractivity contribution is 5.75. The Morgan fingerprint density at radius 3 is 1.93 bits per heavy atom. The Balaban J connectivity index is 0. The van der Waals surface area contributed by atoms with E-state index >= 15 is 0 Å². The molecule has 2 rings (SSSR count). The van der Waals surface area contributed by atoms with Crippen molar-refractivity contribution in [3.8, 4) is 11.1 Å². The van der Waals surface area contributed by atoms with Gasteiger partial charge in [-0.2, -0.15) is 0 Å². The molecule has 3 N–H and O–H groups in total. The molecule has 0 aliphatic rings. The van der Waals surface area contributed by atoms with Gasteiger partial charge in [-0.1, -0.05) is 76.7 Å². The van der Waals surface area contributed by atoms with Gasteiger partial charge in [0.2, 0.25) is 5.91 Å². The van der Waals surface area contributed by atoms with Crippen molar-refractivity contribution in [1.82, 2.24) is 0 Å². The number of halogens is 1. The van der Waals surface area contributed by atoms with Crippen LogP contribution in [0.2, 0.25) is 0 Å². The molecule has 0 aromatic heterocycles. The summed E-state index contributed by atoms with van der Waals surface area (Å²) in [6.45, 7) is 12.7. The maximum Gasteiger partial charge on any atom is 0.219 e. The van der Waals surface area contributed by atoms with E-state index in [1.54, 1.807) is 32.9 Å². The van der Waals surface area contributed by atoms with Crippen LogP contribution in [0, 0.1) is 11.7 Å². The summed E-state index contributed by atoms with van der Waals surface area (Å²) in [5, 5.41) is 7.51. The molecule has 0 spiro atoms. The number of nitrogens with two attached hydrogens (primary N) is 1. The first-order chi connectivity index (χ1) is 13.2. The molecule has 0 radical (unpaired) electrons. The third-order valence-corrected chi connectivity index (χ3v) is 3.18. The summed E-state index contributed by atoms with van der Waals surface area (Å²) in [6, 6.07) is 15.0. The number of hydrogen-bond donors (Lipinski definition) is 2. The first-order valence-corrected chi connectivity index (χ1v) is 9.09. The first kappa shape index (κ1) is 27.4. The van der Waals surface area contributed by atoms with E-state index in [0.717, 1.165) is 16.7 Å². The molecule has 5 heteroatoms. The van der Waals surface area contributed by atoms with Gasteiger partial charge in [0.25, 0.3) is 0 Å². The molecule has 0 heterocycles. The van der Waals surface area contributed by atoms with Crippen molar-refractivity contribution in [3.05, 3.63) is 66.5 Å². The third kappa shape index (κ3) is 11.8. The Kier molecular flexibility index (Phi) is 16.1. The van der Waals surface area contributed by atoms with E-state index in [2.05, 4.69) is 6.58 Å². The smallest absolute Gasteiger partial charge is 0.219 e. The predicted molar refractivity (Wildman–Crippen MR) is 115 cm³/mol.